The molecule has 3 rings (SSSR count). The number of hydroxylamine groups is 1. The van der Waals surface area contributed by atoms with E-state index in [-0.39, 0.29) is 37.0 Å². The number of carbonyl (C=O) groups is 2. The molecule has 2 aromatic rings. The van der Waals surface area contributed by atoms with Crippen LogP contribution in [0.2, 0.25) is 0 Å². The quantitative estimate of drug-likeness (QED) is 0.113. The molecule has 1 saturated heterocycles. The fourth-order valence-electron chi connectivity index (χ4n) is 4.64. The summed E-state index contributed by atoms with van der Waals surface area (Å²) in [4.78, 5) is 25.7. The van der Waals surface area contributed by atoms with E-state index >= 15 is 0 Å². The third-order valence-electron chi connectivity index (χ3n) is 6.70. The van der Waals surface area contributed by atoms with Gasteiger partial charge in [-0.25, -0.2) is 5.48 Å². The van der Waals surface area contributed by atoms with Crippen LogP contribution in [0.4, 0.5) is 5.69 Å². The molecule has 9 heteroatoms. The van der Waals surface area contributed by atoms with E-state index in [1.54, 1.807) is 5.48 Å². The zero-order chi connectivity index (χ0) is 28.0. The van der Waals surface area contributed by atoms with Crippen molar-refractivity contribution >= 4 is 17.5 Å². The molecule has 0 unspecified atom stereocenters. The highest BCUT2D eigenvalue weighted by Crippen LogP contribution is 2.38. The Morgan fingerprint density at radius 1 is 1.03 bits per heavy atom. The van der Waals surface area contributed by atoms with Gasteiger partial charge in [-0.1, -0.05) is 55.3 Å². The Labute approximate surface area is 230 Å². The topological polar surface area (TPSA) is 120 Å². The molecular weight excluding hydrogens is 498 g/mol. The van der Waals surface area contributed by atoms with Crippen molar-refractivity contribution in [3.63, 3.8) is 0 Å². The second kappa shape index (κ2) is 16.1. The van der Waals surface area contributed by atoms with Crippen LogP contribution in [0.25, 0.3) is 0 Å². The van der Waals surface area contributed by atoms with Gasteiger partial charge >= 0.3 is 0 Å². The molecule has 0 aliphatic carbocycles. The molecule has 3 atom stereocenters. The first-order chi connectivity index (χ1) is 18.9. The van der Waals surface area contributed by atoms with Gasteiger partial charge in [0.05, 0.1) is 18.8 Å². The minimum absolute atomic E-state index is 0.00558. The van der Waals surface area contributed by atoms with Crippen molar-refractivity contribution < 1.29 is 29.4 Å². The van der Waals surface area contributed by atoms with Crippen molar-refractivity contribution in [3.8, 4) is 0 Å². The zero-order valence-electron chi connectivity index (χ0n) is 22.7. The van der Waals surface area contributed by atoms with Gasteiger partial charge in [0.15, 0.2) is 6.29 Å². The largest absolute Gasteiger partial charge is 0.392 e. The van der Waals surface area contributed by atoms with E-state index < -0.39 is 6.29 Å². The first-order valence-corrected chi connectivity index (χ1v) is 13.5. The van der Waals surface area contributed by atoms with E-state index in [0.29, 0.717) is 24.9 Å². The fourth-order valence-corrected chi connectivity index (χ4v) is 4.64. The summed E-state index contributed by atoms with van der Waals surface area (Å²) in [7, 11) is 2.03. The fraction of sp³-hybridized carbons (Fsp3) is 0.467. The number of anilines is 1. The van der Waals surface area contributed by atoms with Gasteiger partial charge in [-0.15, -0.1) is 6.58 Å². The van der Waals surface area contributed by atoms with Crippen LogP contribution in [-0.4, -0.2) is 53.3 Å². The van der Waals surface area contributed by atoms with Crippen LogP contribution in [0.1, 0.15) is 74.0 Å². The minimum atomic E-state index is -0.601. The van der Waals surface area contributed by atoms with Crippen LogP contribution in [0, 0.1) is 0 Å². The molecule has 39 heavy (non-hydrogen) atoms. The van der Waals surface area contributed by atoms with Crippen LogP contribution < -0.4 is 10.8 Å². The molecule has 1 fully saturated rings. The van der Waals surface area contributed by atoms with Crippen molar-refractivity contribution in [1.82, 2.24) is 10.4 Å². The molecule has 4 N–H and O–H groups in total. The third-order valence-corrected chi connectivity index (χ3v) is 6.70. The Bertz CT molecular complexity index is 1060. The summed E-state index contributed by atoms with van der Waals surface area (Å²) >= 11 is 0. The number of likely N-dealkylation sites (N-methyl/N-ethyl adjacent to an activating group) is 1. The Morgan fingerprint density at radius 2 is 1.74 bits per heavy atom. The highest BCUT2D eigenvalue weighted by atomic mass is 16.7. The molecule has 0 spiro atoms. The summed E-state index contributed by atoms with van der Waals surface area (Å²) in [5.41, 5.74) is 5.00. The number of aliphatic hydroxyl groups excluding tert-OH is 1. The zero-order valence-corrected chi connectivity index (χ0v) is 22.7. The van der Waals surface area contributed by atoms with Crippen LogP contribution in [0.5, 0.6) is 0 Å². The monoisotopic (exact) mass is 539 g/mol. The number of hydrogen-bond acceptors (Lipinski definition) is 7. The molecule has 2 aromatic carbocycles. The summed E-state index contributed by atoms with van der Waals surface area (Å²) in [5.74, 6) is -0.462. The van der Waals surface area contributed by atoms with Crippen molar-refractivity contribution in [2.24, 2.45) is 0 Å². The lowest BCUT2D eigenvalue weighted by atomic mass is 9.99. The van der Waals surface area contributed by atoms with E-state index in [1.807, 2.05) is 61.7 Å². The number of carbonyl (C=O) groups excluding carboxylic acids is 2. The molecule has 0 aromatic heterocycles. The van der Waals surface area contributed by atoms with Crippen molar-refractivity contribution in [1.29, 1.82) is 0 Å². The Kier molecular flexibility index (Phi) is 12.6. The number of nitrogens with zero attached hydrogens (tertiary/aromatic N) is 1. The van der Waals surface area contributed by atoms with Gasteiger partial charge in [0.25, 0.3) is 0 Å². The Morgan fingerprint density at radius 3 is 2.41 bits per heavy atom. The van der Waals surface area contributed by atoms with E-state index in [4.69, 9.17) is 14.7 Å². The number of ether oxygens (including phenoxy) is 2. The molecule has 0 bridgehead atoms. The first-order valence-electron chi connectivity index (χ1n) is 13.5. The minimum Gasteiger partial charge on any atom is -0.392 e. The second-order valence-electron chi connectivity index (χ2n) is 9.98. The molecule has 2 amide bonds. The highest BCUT2D eigenvalue weighted by Gasteiger charge is 2.32. The van der Waals surface area contributed by atoms with E-state index in [9.17, 15) is 14.7 Å². The normalized spacial score (nSPS) is 19.0. The molecule has 9 nitrogen and oxygen atoms in total. The SMILES string of the molecule is C=CCN(C)C[C@@H]1C[C@H](c2ccc(CO)cc2)O[C@H](c2cccc(NC(=O)CCCCCCC(=O)NO)c2)O1. The van der Waals surface area contributed by atoms with Gasteiger partial charge in [0, 0.05) is 43.6 Å². The predicted molar refractivity (Wildman–Crippen MR) is 149 cm³/mol. The van der Waals surface area contributed by atoms with Crippen LogP contribution in [0.15, 0.2) is 61.2 Å². The summed E-state index contributed by atoms with van der Waals surface area (Å²) in [6.45, 7) is 5.29. The van der Waals surface area contributed by atoms with Gasteiger partial charge in [0.1, 0.15) is 0 Å². The maximum atomic E-state index is 12.5. The molecule has 1 aliphatic heterocycles. The summed E-state index contributed by atoms with van der Waals surface area (Å²) in [6.07, 6.45) is 5.41. The smallest absolute Gasteiger partial charge is 0.243 e. The maximum absolute atomic E-state index is 12.5. The predicted octanol–water partition coefficient (Wildman–Crippen LogP) is 4.63. The van der Waals surface area contributed by atoms with Gasteiger partial charge in [0.2, 0.25) is 11.8 Å². The van der Waals surface area contributed by atoms with Gasteiger partial charge in [-0.05, 0) is 43.1 Å². The molecule has 1 heterocycles. The lowest BCUT2D eigenvalue weighted by Gasteiger charge is -2.37. The molecule has 0 saturated carbocycles. The van der Waals surface area contributed by atoms with E-state index in [1.165, 1.54) is 0 Å². The number of unbranched alkanes of at least 4 members (excludes halogenated alkanes) is 3. The summed E-state index contributed by atoms with van der Waals surface area (Å²) in [6, 6.07) is 15.3. The highest BCUT2D eigenvalue weighted by molar-refractivity contribution is 5.90. The molecule has 1 aliphatic rings. The van der Waals surface area contributed by atoms with Crippen LogP contribution in [-0.2, 0) is 25.7 Å². The van der Waals surface area contributed by atoms with Crippen molar-refractivity contribution in [2.75, 3.05) is 25.5 Å². The van der Waals surface area contributed by atoms with Crippen molar-refractivity contribution in [3.05, 3.63) is 77.9 Å². The standard InChI is InChI=1S/C30H41N3O6/c1-3-17-33(2)20-26-19-27(23-15-13-22(21-34)14-16-23)39-30(38-26)24-9-8-10-25(18-24)31-28(35)11-6-4-5-7-12-29(36)32-37/h3,8-10,13-16,18,26-27,30,34,37H,1,4-7,11-12,17,19-21H2,2H3,(H,31,35)(H,32,36)/t26-,27+,30+/m0/s1. The number of hydrogen-bond donors (Lipinski definition) is 4. The summed E-state index contributed by atoms with van der Waals surface area (Å²) in [5, 5.41) is 20.9. The molecule has 212 valence electrons. The second-order valence-corrected chi connectivity index (χ2v) is 9.98. The lowest BCUT2D eigenvalue weighted by molar-refractivity contribution is -0.252. The third kappa shape index (κ3) is 10.2. The Hall–Kier alpha value is -3.08. The number of rotatable bonds is 15. The van der Waals surface area contributed by atoms with Crippen LogP contribution in [0.3, 0.4) is 0 Å². The Balaban J connectivity index is 1.61. The number of aliphatic hydroxyl groups is 1. The molecular formula is C30H41N3O6. The number of nitrogens with one attached hydrogen (secondary N) is 2. The maximum Gasteiger partial charge on any atom is 0.243 e. The number of benzene rings is 2. The van der Waals surface area contributed by atoms with Gasteiger partial charge < -0.3 is 24.8 Å². The van der Waals surface area contributed by atoms with Crippen LogP contribution >= 0.6 is 0 Å². The first kappa shape index (κ1) is 30.5. The average Bonchev–Trinajstić information content (AvgIpc) is 2.94. The average molecular weight is 540 g/mol. The van der Waals surface area contributed by atoms with E-state index in [2.05, 4.69) is 16.8 Å². The van der Waals surface area contributed by atoms with Gasteiger partial charge in [-0.3, -0.25) is 14.8 Å². The van der Waals surface area contributed by atoms with Crippen molar-refractivity contribution in [2.45, 2.75) is 70.1 Å². The number of amides is 2. The van der Waals surface area contributed by atoms with Gasteiger partial charge in [-0.2, -0.15) is 0 Å². The molecule has 0 radical (unpaired) electrons. The van der Waals surface area contributed by atoms with E-state index in [0.717, 1.165) is 49.0 Å². The lowest BCUT2D eigenvalue weighted by Crippen LogP contribution is -2.37. The summed E-state index contributed by atoms with van der Waals surface area (Å²) < 4.78 is 12.8.